The molecule has 0 atom stereocenters. The highest BCUT2D eigenvalue weighted by molar-refractivity contribution is 6.54. The Morgan fingerprint density at radius 3 is 2.32 bits per heavy atom. The molecule has 2 nitrogen and oxygen atoms in total. The first kappa shape index (κ1) is 13.2. The van der Waals surface area contributed by atoms with Crippen molar-refractivity contribution in [3.63, 3.8) is 0 Å². The maximum Gasteiger partial charge on any atom is 0.191 e. The molecule has 0 bridgehead atoms. The third-order valence-electron chi connectivity index (χ3n) is 4.06. The zero-order chi connectivity index (χ0) is 15.1. The fourth-order valence-electron chi connectivity index (χ4n) is 3.00. The molecule has 4 rings (SSSR count). The number of Topliss-reactive ketones (excluding diaryl/α,β-unsaturated/α-hetero) is 1. The number of carbonyl (C=O) groups excluding carboxylic acids is 1. The number of hydrogen-bond acceptors (Lipinski definition) is 2. The zero-order valence-corrected chi connectivity index (χ0v) is 12.5. The highest BCUT2D eigenvalue weighted by atomic mass is 35.5. The van der Waals surface area contributed by atoms with E-state index in [-0.39, 0.29) is 5.78 Å². The van der Waals surface area contributed by atoms with E-state index in [2.05, 4.69) is 4.98 Å². The lowest BCUT2D eigenvalue weighted by Gasteiger charge is -2.20. The van der Waals surface area contributed by atoms with Crippen molar-refractivity contribution >= 4 is 33.2 Å². The van der Waals surface area contributed by atoms with Gasteiger partial charge >= 0.3 is 0 Å². The number of hydrogen-bond donors (Lipinski definition) is 0. The predicted molar refractivity (Wildman–Crippen MR) is 89.0 cm³/mol. The summed E-state index contributed by atoms with van der Waals surface area (Å²) >= 11 is 6.57. The van der Waals surface area contributed by atoms with E-state index < -0.39 is 0 Å². The molecule has 1 aliphatic rings. The average Bonchev–Trinajstić information content (AvgIpc) is 2.57. The lowest BCUT2D eigenvalue weighted by atomic mass is 9.85. The van der Waals surface area contributed by atoms with E-state index in [9.17, 15) is 4.79 Å². The molecule has 0 saturated carbocycles. The minimum Gasteiger partial charge on any atom is -0.289 e. The fourth-order valence-corrected chi connectivity index (χ4v) is 3.31. The number of ketones is 1. The lowest BCUT2D eigenvalue weighted by Crippen LogP contribution is -2.13. The van der Waals surface area contributed by atoms with Crippen LogP contribution in [-0.2, 0) is 6.42 Å². The van der Waals surface area contributed by atoms with Crippen LogP contribution < -0.4 is 0 Å². The van der Waals surface area contributed by atoms with Crippen LogP contribution in [0.2, 0.25) is 0 Å². The first-order valence-corrected chi connectivity index (χ1v) is 7.48. The number of nitrogens with zero attached hydrogens (tertiary/aromatic N) is 1. The van der Waals surface area contributed by atoms with Crippen LogP contribution >= 0.6 is 11.6 Å². The molecule has 0 fully saturated rings. The molecule has 0 saturated heterocycles. The summed E-state index contributed by atoms with van der Waals surface area (Å²) in [6.45, 7) is 0. The summed E-state index contributed by atoms with van der Waals surface area (Å²) < 4.78 is 0. The van der Waals surface area contributed by atoms with Crippen molar-refractivity contribution < 1.29 is 4.79 Å². The Balaban J connectivity index is 1.93. The van der Waals surface area contributed by atoms with Gasteiger partial charge < -0.3 is 0 Å². The number of halogens is 1. The highest BCUT2D eigenvalue weighted by Gasteiger charge is 2.26. The van der Waals surface area contributed by atoms with Gasteiger partial charge in [-0.3, -0.25) is 9.78 Å². The molecule has 1 aromatic heterocycles. The Hall–Kier alpha value is -2.45. The Morgan fingerprint density at radius 1 is 0.909 bits per heavy atom. The number of carbonyl (C=O) groups is 1. The second-order valence-electron chi connectivity index (χ2n) is 5.36. The lowest BCUT2D eigenvalue weighted by molar-refractivity contribution is 0.103. The minimum absolute atomic E-state index is 0.0195. The van der Waals surface area contributed by atoms with Crippen LogP contribution in [0.3, 0.4) is 0 Å². The number of allylic oxidation sites excluding steroid dienone is 1. The standard InChI is InChI=1S/C19H12ClNO/c20-18-14-5-1-3-13-4-2-6-15(17(13)14)19(22)16(18)11-12-7-9-21-10-8-12/h1-10H,11H2. The smallest absolute Gasteiger partial charge is 0.191 e. The second-order valence-corrected chi connectivity index (χ2v) is 5.74. The molecular formula is C19H12ClNO. The first-order chi connectivity index (χ1) is 10.8. The van der Waals surface area contributed by atoms with E-state index in [4.69, 9.17) is 11.6 Å². The molecular weight excluding hydrogens is 294 g/mol. The van der Waals surface area contributed by atoms with E-state index in [1.165, 1.54) is 0 Å². The molecule has 3 aromatic rings. The Morgan fingerprint density at radius 2 is 1.59 bits per heavy atom. The summed E-state index contributed by atoms with van der Waals surface area (Å²) in [5.41, 5.74) is 3.36. The molecule has 0 radical (unpaired) electrons. The Labute approximate surface area is 133 Å². The third kappa shape index (κ3) is 1.96. The number of aromatic nitrogens is 1. The van der Waals surface area contributed by atoms with Gasteiger partial charge in [0.15, 0.2) is 5.78 Å². The van der Waals surface area contributed by atoms with Crippen LogP contribution in [0.15, 0.2) is 66.5 Å². The molecule has 0 amide bonds. The van der Waals surface area contributed by atoms with Gasteiger partial charge in [0.05, 0.1) is 5.03 Å². The van der Waals surface area contributed by atoms with Crippen LogP contribution in [0.5, 0.6) is 0 Å². The maximum atomic E-state index is 12.9. The van der Waals surface area contributed by atoms with Crippen molar-refractivity contribution in [3.8, 4) is 0 Å². The van der Waals surface area contributed by atoms with Gasteiger partial charge in [0.1, 0.15) is 0 Å². The number of benzene rings is 2. The van der Waals surface area contributed by atoms with E-state index >= 15 is 0 Å². The largest absolute Gasteiger partial charge is 0.289 e. The van der Waals surface area contributed by atoms with Crippen LogP contribution in [0.4, 0.5) is 0 Å². The molecule has 0 unspecified atom stereocenters. The molecule has 22 heavy (non-hydrogen) atoms. The quantitative estimate of drug-likeness (QED) is 0.691. The Kier molecular flexibility index (Phi) is 3.05. The SMILES string of the molecule is O=C1C(Cc2ccncc2)=C(Cl)c2cccc3cccc1c23. The summed E-state index contributed by atoms with van der Waals surface area (Å²) in [7, 11) is 0. The molecule has 0 aliphatic heterocycles. The summed E-state index contributed by atoms with van der Waals surface area (Å²) in [4.78, 5) is 16.9. The Bertz CT molecular complexity index is 923. The van der Waals surface area contributed by atoms with Crippen LogP contribution in [0.1, 0.15) is 21.5 Å². The van der Waals surface area contributed by atoms with Crippen molar-refractivity contribution in [1.82, 2.24) is 4.98 Å². The van der Waals surface area contributed by atoms with Crippen molar-refractivity contribution in [2.75, 3.05) is 0 Å². The van der Waals surface area contributed by atoms with E-state index in [1.807, 2.05) is 48.5 Å². The molecule has 1 aliphatic carbocycles. The van der Waals surface area contributed by atoms with Gasteiger partial charge in [-0.15, -0.1) is 0 Å². The van der Waals surface area contributed by atoms with Crippen molar-refractivity contribution in [2.24, 2.45) is 0 Å². The van der Waals surface area contributed by atoms with E-state index in [1.54, 1.807) is 12.4 Å². The second kappa shape index (κ2) is 5.08. The number of rotatable bonds is 2. The molecule has 1 heterocycles. The molecule has 0 N–H and O–H groups in total. The van der Waals surface area contributed by atoms with Gasteiger partial charge in [0.2, 0.25) is 0 Å². The summed E-state index contributed by atoms with van der Waals surface area (Å²) in [6.07, 6.45) is 3.97. The van der Waals surface area contributed by atoms with Gasteiger partial charge in [0.25, 0.3) is 0 Å². The van der Waals surface area contributed by atoms with Crippen LogP contribution in [0, 0.1) is 0 Å². The van der Waals surface area contributed by atoms with Crippen molar-refractivity contribution in [1.29, 1.82) is 0 Å². The number of pyridine rings is 1. The molecule has 0 spiro atoms. The molecule has 106 valence electrons. The van der Waals surface area contributed by atoms with Gasteiger partial charge in [-0.25, -0.2) is 0 Å². The third-order valence-corrected chi connectivity index (χ3v) is 4.49. The van der Waals surface area contributed by atoms with Gasteiger partial charge in [-0.2, -0.15) is 0 Å². The van der Waals surface area contributed by atoms with Gasteiger partial charge in [0, 0.05) is 40.9 Å². The average molecular weight is 306 g/mol. The van der Waals surface area contributed by atoms with Crippen molar-refractivity contribution in [3.05, 3.63) is 83.2 Å². The summed E-state index contributed by atoms with van der Waals surface area (Å²) in [6, 6.07) is 15.6. The normalized spacial score (nSPS) is 13.8. The predicted octanol–water partition coefficient (Wildman–Crippen LogP) is 4.62. The van der Waals surface area contributed by atoms with E-state index in [0.29, 0.717) is 17.0 Å². The van der Waals surface area contributed by atoms with Crippen molar-refractivity contribution in [2.45, 2.75) is 6.42 Å². The zero-order valence-electron chi connectivity index (χ0n) is 11.7. The van der Waals surface area contributed by atoms with E-state index in [0.717, 1.165) is 27.5 Å². The first-order valence-electron chi connectivity index (χ1n) is 7.10. The summed E-state index contributed by atoms with van der Waals surface area (Å²) in [5.74, 6) is 0.0195. The fraction of sp³-hybridized carbons (Fsp3) is 0.0526. The summed E-state index contributed by atoms with van der Waals surface area (Å²) in [5, 5.41) is 2.56. The molecule has 2 aromatic carbocycles. The van der Waals surface area contributed by atoms with Crippen LogP contribution in [-0.4, -0.2) is 10.8 Å². The minimum atomic E-state index is 0.0195. The maximum absolute atomic E-state index is 12.9. The monoisotopic (exact) mass is 305 g/mol. The topological polar surface area (TPSA) is 30.0 Å². The highest BCUT2D eigenvalue weighted by Crippen LogP contribution is 2.39. The molecule has 3 heteroatoms. The van der Waals surface area contributed by atoms with Gasteiger partial charge in [-0.05, 0) is 23.1 Å². The van der Waals surface area contributed by atoms with Crippen LogP contribution in [0.25, 0.3) is 15.8 Å². The van der Waals surface area contributed by atoms with Gasteiger partial charge in [-0.1, -0.05) is 48.0 Å².